The van der Waals surface area contributed by atoms with Gasteiger partial charge in [-0.15, -0.1) is 0 Å². The van der Waals surface area contributed by atoms with Crippen LogP contribution in [0.4, 0.5) is 4.39 Å². The number of aromatic nitrogens is 1. The highest BCUT2D eigenvalue weighted by Crippen LogP contribution is 2.26. The molecule has 1 atom stereocenters. The summed E-state index contributed by atoms with van der Waals surface area (Å²) in [5.41, 5.74) is 7.47. The summed E-state index contributed by atoms with van der Waals surface area (Å²) in [6, 6.07) is 7.02. The van der Waals surface area contributed by atoms with Gasteiger partial charge < -0.3 is 10.5 Å². The summed E-state index contributed by atoms with van der Waals surface area (Å²) < 4.78 is 19.5. The third kappa shape index (κ3) is 3.54. The molecule has 1 unspecified atom stereocenters. The van der Waals surface area contributed by atoms with E-state index in [1.165, 1.54) is 0 Å². The average molecular weight is 274 g/mol. The summed E-state index contributed by atoms with van der Waals surface area (Å²) in [5, 5.41) is 0. The van der Waals surface area contributed by atoms with Gasteiger partial charge in [-0.3, -0.25) is 4.98 Å². The Bertz CT molecular complexity index is 586. The van der Waals surface area contributed by atoms with Gasteiger partial charge in [0.1, 0.15) is 5.75 Å². The van der Waals surface area contributed by atoms with Gasteiger partial charge in [0, 0.05) is 12.2 Å². The van der Waals surface area contributed by atoms with Gasteiger partial charge in [-0.1, -0.05) is 19.1 Å². The summed E-state index contributed by atoms with van der Waals surface area (Å²) in [6.45, 7) is 3.75. The third-order valence-corrected chi connectivity index (χ3v) is 3.18. The maximum Gasteiger partial charge on any atom is 0.168 e. The molecule has 20 heavy (non-hydrogen) atoms. The van der Waals surface area contributed by atoms with E-state index in [-0.39, 0.29) is 17.6 Å². The van der Waals surface area contributed by atoms with Crippen molar-refractivity contribution in [3.05, 3.63) is 53.6 Å². The molecule has 2 rings (SSSR count). The Balaban J connectivity index is 2.17. The zero-order valence-electron chi connectivity index (χ0n) is 11.8. The molecule has 4 heteroatoms. The van der Waals surface area contributed by atoms with Crippen LogP contribution < -0.4 is 10.5 Å². The van der Waals surface area contributed by atoms with Crippen molar-refractivity contribution in [3.63, 3.8) is 0 Å². The third-order valence-electron chi connectivity index (χ3n) is 3.18. The Kier molecular flexibility index (Phi) is 4.69. The van der Waals surface area contributed by atoms with Crippen LogP contribution in [0.1, 0.15) is 24.5 Å². The van der Waals surface area contributed by atoms with Crippen LogP contribution in [0.3, 0.4) is 0 Å². The SMILES string of the molecule is CCC(N)Cc1cncc(Oc2cccc(C)c2F)c1. The minimum Gasteiger partial charge on any atom is -0.453 e. The number of rotatable bonds is 5. The van der Waals surface area contributed by atoms with Crippen molar-refractivity contribution < 1.29 is 9.13 Å². The quantitative estimate of drug-likeness (QED) is 0.906. The second-order valence-corrected chi connectivity index (χ2v) is 4.89. The van der Waals surface area contributed by atoms with E-state index in [2.05, 4.69) is 4.98 Å². The molecule has 2 N–H and O–H groups in total. The molecule has 0 saturated heterocycles. The van der Waals surface area contributed by atoms with Gasteiger partial charge in [0.05, 0.1) is 6.20 Å². The summed E-state index contributed by atoms with van der Waals surface area (Å²) in [5.74, 6) is 0.391. The smallest absolute Gasteiger partial charge is 0.168 e. The monoisotopic (exact) mass is 274 g/mol. The number of pyridine rings is 1. The Morgan fingerprint density at radius 1 is 1.35 bits per heavy atom. The van der Waals surface area contributed by atoms with Crippen LogP contribution >= 0.6 is 0 Å². The Hall–Kier alpha value is -1.94. The summed E-state index contributed by atoms with van der Waals surface area (Å²) in [7, 11) is 0. The molecule has 1 aromatic heterocycles. The fourth-order valence-corrected chi connectivity index (χ4v) is 1.90. The molecule has 0 aliphatic rings. The van der Waals surface area contributed by atoms with Gasteiger partial charge in [-0.05, 0) is 43.0 Å². The fourth-order valence-electron chi connectivity index (χ4n) is 1.90. The predicted molar refractivity (Wildman–Crippen MR) is 77.4 cm³/mol. The van der Waals surface area contributed by atoms with E-state index in [4.69, 9.17) is 10.5 Å². The molecule has 1 heterocycles. The highest BCUT2D eigenvalue weighted by atomic mass is 19.1. The molecule has 0 radical (unpaired) electrons. The highest BCUT2D eigenvalue weighted by Gasteiger charge is 2.08. The molecular formula is C16H19FN2O. The van der Waals surface area contributed by atoms with Crippen LogP contribution in [0.25, 0.3) is 0 Å². The van der Waals surface area contributed by atoms with Crippen LogP contribution in [-0.4, -0.2) is 11.0 Å². The van der Waals surface area contributed by atoms with Crippen LogP contribution in [0.2, 0.25) is 0 Å². The van der Waals surface area contributed by atoms with Gasteiger partial charge in [-0.25, -0.2) is 4.39 Å². The normalized spacial score (nSPS) is 12.2. The number of hydrogen-bond acceptors (Lipinski definition) is 3. The van der Waals surface area contributed by atoms with Crippen LogP contribution in [0.15, 0.2) is 36.7 Å². The van der Waals surface area contributed by atoms with Gasteiger partial charge in [-0.2, -0.15) is 0 Å². The van der Waals surface area contributed by atoms with E-state index < -0.39 is 0 Å². The fraction of sp³-hybridized carbons (Fsp3) is 0.312. The van der Waals surface area contributed by atoms with E-state index in [1.807, 2.05) is 13.0 Å². The molecule has 0 saturated carbocycles. The van der Waals surface area contributed by atoms with Gasteiger partial charge in [0.15, 0.2) is 11.6 Å². The van der Waals surface area contributed by atoms with Crippen molar-refractivity contribution in [1.29, 1.82) is 0 Å². The Morgan fingerprint density at radius 2 is 2.15 bits per heavy atom. The zero-order valence-corrected chi connectivity index (χ0v) is 11.8. The molecule has 0 spiro atoms. The molecule has 0 fully saturated rings. The van der Waals surface area contributed by atoms with Crippen LogP contribution in [0, 0.1) is 12.7 Å². The second-order valence-electron chi connectivity index (χ2n) is 4.89. The lowest BCUT2D eigenvalue weighted by atomic mass is 10.1. The molecule has 0 aliphatic heterocycles. The summed E-state index contributed by atoms with van der Waals surface area (Å²) in [6.07, 6.45) is 4.96. The number of hydrogen-bond donors (Lipinski definition) is 1. The van der Waals surface area contributed by atoms with Crippen LogP contribution in [0.5, 0.6) is 11.5 Å². The minimum atomic E-state index is -0.344. The van der Waals surface area contributed by atoms with E-state index in [0.29, 0.717) is 11.3 Å². The maximum absolute atomic E-state index is 13.9. The van der Waals surface area contributed by atoms with Crippen molar-refractivity contribution in [2.24, 2.45) is 5.73 Å². The molecule has 0 bridgehead atoms. The molecule has 2 aromatic rings. The molecule has 3 nitrogen and oxygen atoms in total. The number of ether oxygens (including phenoxy) is 1. The molecule has 0 amide bonds. The van der Waals surface area contributed by atoms with E-state index in [9.17, 15) is 4.39 Å². The number of halogens is 1. The first kappa shape index (κ1) is 14.5. The van der Waals surface area contributed by atoms with Crippen molar-refractivity contribution in [2.45, 2.75) is 32.7 Å². The number of benzene rings is 1. The van der Waals surface area contributed by atoms with Gasteiger partial charge in [0.2, 0.25) is 0 Å². The minimum absolute atomic E-state index is 0.0998. The van der Waals surface area contributed by atoms with Gasteiger partial charge >= 0.3 is 0 Å². The van der Waals surface area contributed by atoms with E-state index >= 15 is 0 Å². The largest absolute Gasteiger partial charge is 0.453 e. The first-order valence-corrected chi connectivity index (χ1v) is 6.72. The first-order valence-electron chi connectivity index (χ1n) is 6.72. The Morgan fingerprint density at radius 3 is 2.90 bits per heavy atom. The Labute approximate surface area is 118 Å². The lowest BCUT2D eigenvalue weighted by Crippen LogP contribution is -2.21. The van der Waals surface area contributed by atoms with Crippen molar-refractivity contribution in [3.8, 4) is 11.5 Å². The topological polar surface area (TPSA) is 48.1 Å². The van der Waals surface area contributed by atoms with Crippen molar-refractivity contribution in [2.75, 3.05) is 0 Å². The number of nitrogens with zero attached hydrogens (tertiary/aromatic N) is 1. The highest BCUT2D eigenvalue weighted by molar-refractivity contribution is 5.35. The molecule has 106 valence electrons. The lowest BCUT2D eigenvalue weighted by Gasteiger charge is -2.11. The molecule has 0 aliphatic carbocycles. The van der Waals surface area contributed by atoms with E-state index in [1.54, 1.807) is 37.5 Å². The second kappa shape index (κ2) is 6.48. The van der Waals surface area contributed by atoms with Gasteiger partial charge in [0.25, 0.3) is 0 Å². The summed E-state index contributed by atoms with van der Waals surface area (Å²) in [4.78, 5) is 4.12. The average Bonchev–Trinajstić information content (AvgIpc) is 2.44. The zero-order chi connectivity index (χ0) is 14.5. The number of nitrogens with two attached hydrogens (primary N) is 1. The summed E-state index contributed by atoms with van der Waals surface area (Å²) >= 11 is 0. The van der Waals surface area contributed by atoms with Crippen molar-refractivity contribution >= 4 is 0 Å². The maximum atomic E-state index is 13.9. The molecule has 1 aromatic carbocycles. The lowest BCUT2D eigenvalue weighted by molar-refractivity contribution is 0.437. The number of aryl methyl sites for hydroxylation is 1. The predicted octanol–water partition coefficient (Wildman–Crippen LogP) is 3.60. The van der Waals surface area contributed by atoms with E-state index in [0.717, 1.165) is 18.4 Å². The van der Waals surface area contributed by atoms with Crippen molar-refractivity contribution in [1.82, 2.24) is 4.98 Å². The standard InChI is InChI=1S/C16H19FN2O/c1-3-13(18)7-12-8-14(10-19-9-12)20-15-6-4-5-11(2)16(15)17/h4-6,8-10,13H,3,7,18H2,1-2H3. The van der Waals surface area contributed by atoms with Crippen LogP contribution in [-0.2, 0) is 6.42 Å². The first-order chi connectivity index (χ1) is 9.60. The molecular weight excluding hydrogens is 255 g/mol.